The maximum Gasteiger partial charge on any atom is 0.279 e. The fourth-order valence-electron chi connectivity index (χ4n) is 3.87. The highest BCUT2D eigenvalue weighted by Crippen LogP contribution is 2.40. The molecule has 1 atom stereocenters. The molecular formula is C25H26N2O6S. The Balaban J connectivity index is 1.84. The van der Waals surface area contributed by atoms with Gasteiger partial charge in [0, 0.05) is 18.1 Å². The highest BCUT2D eigenvalue weighted by atomic mass is 32.2. The zero-order valence-electron chi connectivity index (χ0n) is 19.4. The topological polar surface area (TPSA) is 86.7 Å². The van der Waals surface area contributed by atoms with Gasteiger partial charge < -0.3 is 18.9 Å². The number of hydrogen-bond donors (Lipinski definition) is 0. The van der Waals surface area contributed by atoms with Crippen LogP contribution in [0.25, 0.3) is 0 Å². The molecule has 0 aromatic heterocycles. The summed E-state index contributed by atoms with van der Waals surface area (Å²) in [6.45, 7) is 0. The summed E-state index contributed by atoms with van der Waals surface area (Å²) in [5.41, 5.74) is 2.05. The van der Waals surface area contributed by atoms with Gasteiger partial charge in [-0.2, -0.15) is 17.9 Å². The Morgan fingerprint density at radius 1 is 0.794 bits per heavy atom. The number of sulfonamides is 1. The van der Waals surface area contributed by atoms with Gasteiger partial charge in [-0.3, -0.25) is 0 Å². The van der Waals surface area contributed by atoms with Gasteiger partial charge in [0.2, 0.25) is 0 Å². The molecule has 9 heteroatoms. The minimum absolute atomic E-state index is 0.159. The van der Waals surface area contributed by atoms with E-state index in [2.05, 4.69) is 5.10 Å². The molecule has 4 rings (SSSR count). The van der Waals surface area contributed by atoms with E-state index in [1.165, 1.54) is 4.41 Å². The van der Waals surface area contributed by atoms with Gasteiger partial charge in [-0.15, -0.1) is 0 Å². The fourth-order valence-corrected chi connectivity index (χ4v) is 5.33. The predicted molar refractivity (Wildman–Crippen MR) is 128 cm³/mol. The van der Waals surface area contributed by atoms with Crippen LogP contribution < -0.4 is 18.9 Å². The predicted octanol–water partition coefficient (Wildman–Crippen LogP) is 4.26. The third kappa shape index (κ3) is 4.38. The summed E-state index contributed by atoms with van der Waals surface area (Å²) in [6.07, 6.45) is 0.345. The average Bonchev–Trinajstić information content (AvgIpc) is 3.35. The lowest BCUT2D eigenvalue weighted by Crippen LogP contribution is -2.27. The third-order valence-corrected chi connectivity index (χ3v) is 7.33. The Labute approximate surface area is 199 Å². The summed E-state index contributed by atoms with van der Waals surface area (Å²) in [4.78, 5) is 0.159. The smallest absolute Gasteiger partial charge is 0.279 e. The molecule has 34 heavy (non-hydrogen) atoms. The molecule has 0 saturated heterocycles. The monoisotopic (exact) mass is 482 g/mol. The molecule has 0 radical (unpaired) electrons. The van der Waals surface area contributed by atoms with Gasteiger partial charge in [-0.1, -0.05) is 18.2 Å². The van der Waals surface area contributed by atoms with Gasteiger partial charge in [-0.05, 0) is 48.0 Å². The van der Waals surface area contributed by atoms with Crippen molar-refractivity contribution in [3.63, 3.8) is 0 Å². The SMILES string of the molecule is COc1cc(OC)cc([C@H]2CC(c3ccc(OC)c(OC)c3)=NN2S(=O)(=O)c2ccccc2)c1. The number of methoxy groups -OCH3 is 4. The van der Waals surface area contributed by atoms with E-state index in [1.54, 1.807) is 89.1 Å². The summed E-state index contributed by atoms with van der Waals surface area (Å²) < 4.78 is 50.0. The van der Waals surface area contributed by atoms with Crippen molar-refractivity contribution < 1.29 is 27.4 Å². The van der Waals surface area contributed by atoms with Crippen molar-refractivity contribution >= 4 is 15.7 Å². The van der Waals surface area contributed by atoms with Crippen molar-refractivity contribution in [1.29, 1.82) is 0 Å². The second kappa shape index (κ2) is 9.64. The van der Waals surface area contributed by atoms with Crippen molar-refractivity contribution in [3.05, 3.63) is 77.9 Å². The van der Waals surface area contributed by atoms with Crippen LogP contribution >= 0.6 is 0 Å². The molecule has 1 heterocycles. The van der Waals surface area contributed by atoms with Gasteiger partial charge in [0.05, 0.1) is 45.1 Å². The van der Waals surface area contributed by atoms with Crippen molar-refractivity contribution in [2.45, 2.75) is 17.4 Å². The average molecular weight is 483 g/mol. The van der Waals surface area contributed by atoms with Gasteiger partial charge >= 0.3 is 0 Å². The zero-order chi connectivity index (χ0) is 24.3. The molecular weight excluding hydrogens is 456 g/mol. The lowest BCUT2D eigenvalue weighted by molar-refractivity contribution is 0.355. The number of hydrazone groups is 1. The van der Waals surface area contributed by atoms with E-state index in [9.17, 15) is 8.42 Å². The summed E-state index contributed by atoms with van der Waals surface area (Å²) in [5.74, 6) is 2.23. The highest BCUT2D eigenvalue weighted by molar-refractivity contribution is 7.89. The minimum atomic E-state index is -3.94. The molecule has 3 aromatic rings. The normalized spacial score (nSPS) is 15.6. The van der Waals surface area contributed by atoms with E-state index in [0.29, 0.717) is 40.7 Å². The third-order valence-electron chi connectivity index (χ3n) is 5.64. The molecule has 1 aliphatic rings. The molecule has 178 valence electrons. The van der Waals surface area contributed by atoms with Crippen LogP contribution in [0.1, 0.15) is 23.6 Å². The molecule has 0 bridgehead atoms. The standard InChI is InChI=1S/C25H26N2O6S/c1-30-19-12-18(13-20(15-19)31-2)23-16-22(17-10-11-24(32-3)25(14-17)33-4)26-27(23)34(28,29)21-8-6-5-7-9-21/h5-15,23H,16H2,1-4H3/t23-/m1/s1. The fraction of sp³-hybridized carbons (Fsp3) is 0.240. The van der Waals surface area contributed by atoms with Crippen molar-refractivity contribution in [3.8, 4) is 23.0 Å². The first-order valence-corrected chi connectivity index (χ1v) is 12.0. The molecule has 0 amide bonds. The van der Waals surface area contributed by atoms with E-state index >= 15 is 0 Å². The molecule has 0 unspecified atom stereocenters. The maximum atomic E-state index is 13.6. The van der Waals surface area contributed by atoms with Crippen LogP contribution in [0, 0.1) is 0 Å². The van der Waals surface area contributed by atoms with E-state index in [1.807, 2.05) is 6.07 Å². The number of hydrogen-bond acceptors (Lipinski definition) is 7. The van der Waals surface area contributed by atoms with Crippen LogP contribution in [0.4, 0.5) is 0 Å². The van der Waals surface area contributed by atoms with Crippen molar-refractivity contribution in [1.82, 2.24) is 4.41 Å². The van der Waals surface area contributed by atoms with Gasteiger partial charge in [0.25, 0.3) is 10.0 Å². The first-order chi connectivity index (χ1) is 16.4. The maximum absolute atomic E-state index is 13.6. The van der Waals surface area contributed by atoms with Crippen molar-refractivity contribution in [2.24, 2.45) is 5.10 Å². The van der Waals surface area contributed by atoms with Crippen LogP contribution in [-0.2, 0) is 10.0 Å². The second-order valence-electron chi connectivity index (χ2n) is 7.57. The van der Waals surface area contributed by atoms with Gasteiger partial charge in [0.15, 0.2) is 11.5 Å². The largest absolute Gasteiger partial charge is 0.497 e. The van der Waals surface area contributed by atoms with Crippen molar-refractivity contribution in [2.75, 3.05) is 28.4 Å². The molecule has 3 aromatic carbocycles. The Kier molecular flexibility index (Phi) is 6.65. The first-order valence-electron chi connectivity index (χ1n) is 10.5. The minimum Gasteiger partial charge on any atom is -0.497 e. The van der Waals surface area contributed by atoms with Crippen LogP contribution in [0.15, 0.2) is 76.7 Å². The first kappa shape index (κ1) is 23.4. The molecule has 8 nitrogen and oxygen atoms in total. The second-order valence-corrected chi connectivity index (χ2v) is 9.37. The van der Waals surface area contributed by atoms with Gasteiger partial charge in [0.1, 0.15) is 11.5 Å². The summed E-state index contributed by atoms with van der Waals surface area (Å²) in [6, 6.07) is 18.4. The van der Waals surface area contributed by atoms with E-state index < -0.39 is 16.1 Å². The Morgan fingerprint density at radius 3 is 2.03 bits per heavy atom. The Morgan fingerprint density at radius 2 is 1.44 bits per heavy atom. The van der Waals surface area contributed by atoms with Crippen LogP contribution in [0.5, 0.6) is 23.0 Å². The molecule has 1 aliphatic heterocycles. The van der Waals surface area contributed by atoms with Crippen LogP contribution in [0.2, 0.25) is 0 Å². The van der Waals surface area contributed by atoms with Gasteiger partial charge in [-0.25, -0.2) is 0 Å². The van der Waals surface area contributed by atoms with Crippen LogP contribution in [0.3, 0.4) is 0 Å². The highest BCUT2D eigenvalue weighted by Gasteiger charge is 2.38. The number of rotatable bonds is 8. The summed E-state index contributed by atoms with van der Waals surface area (Å²) in [5, 5.41) is 4.59. The summed E-state index contributed by atoms with van der Waals surface area (Å²) in [7, 11) is 2.28. The molecule has 0 N–H and O–H groups in total. The Bertz CT molecular complexity index is 1290. The number of benzene rings is 3. The molecule has 0 aliphatic carbocycles. The van der Waals surface area contributed by atoms with E-state index in [4.69, 9.17) is 18.9 Å². The number of nitrogens with zero attached hydrogens (tertiary/aromatic N) is 2. The number of ether oxygens (including phenoxy) is 4. The lowest BCUT2D eigenvalue weighted by atomic mass is 9.98. The Hall–Kier alpha value is -3.72. The van der Waals surface area contributed by atoms with E-state index in [0.717, 1.165) is 5.56 Å². The molecule has 0 fully saturated rings. The van der Waals surface area contributed by atoms with E-state index in [-0.39, 0.29) is 4.90 Å². The molecule has 0 saturated carbocycles. The quantitative estimate of drug-likeness (QED) is 0.477. The summed E-state index contributed by atoms with van der Waals surface area (Å²) >= 11 is 0. The lowest BCUT2D eigenvalue weighted by Gasteiger charge is -2.24. The zero-order valence-corrected chi connectivity index (χ0v) is 20.2. The molecule has 0 spiro atoms. The van der Waals surface area contributed by atoms with Crippen LogP contribution in [-0.4, -0.2) is 47.0 Å².